The molecule has 0 atom stereocenters. The summed E-state index contributed by atoms with van der Waals surface area (Å²) in [7, 11) is 0. The average molecular weight is 258 g/mol. The quantitative estimate of drug-likeness (QED) is 0.749. The number of hydrogen-bond acceptors (Lipinski definition) is 1. The third-order valence-corrected chi connectivity index (χ3v) is 3.68. The number of hydrogen-bond donors (Lipinski definition) is 1. The Kier molecular flexibility index (Phi) is 2.11. The average Bonchev–Trinajstić information content (AvgIpc) is 2.38. The van der Waals surface area contributed by atoms with Crippen LogP contribution in [0.3, 0.4) is 0 Å². The lowest BCUT2D eigenvalue weighted by Crippen LogP contribution is -2.20. The maximum Gasteiger partial charge on any atom is 0.147 e. The Morgan fingerprint density at radius 2 is 2.14 bits per heavy atom. The van der Waals surface area contributed by atoms with Crippen LogP contribution in [-0.2, 0) is 5.41 Å². The second kappa shape index (κ2) is 2.96. The normalized spacial score (nSPS) is 17.8. The molecule has 1 aliphatic heterocycles. The molecule has 1 heterocycles. The molecule has 1 aromatic rings. The van der Waals surface area contributed by atoms with E-state index in [0.29, 0.717) is 5.69 Å². The van der Waals surface area contributed by atoms with Crippen molar-refractivity contribution in [3.05, 3.63) is 27.5 Å². The number of fused-ring (bicyclic) bond motifs is 1. The minimum atomic E-state index is -0.164. The zero-order chi connectivity index (χ0) is 10.5. The highest BCUT2D eigenvalue weighted by Crippen LogP contribution is 2.42. The molecule has 0 saturated heterocycles. The van der Waals surface area contributed by atoms with Gasteiger partial charge in [-0.3, -0.25) is 0 Å². The van der Waals surface area contributed by atoms with Crippen LogP contribution in [-0.4, -0.2) is 6.54 Å². The molecule has 0 aliphatic carbocycles. The molecule has 1 nitrogen and oxygen atoms in total. The first-order chi connectivity index (χ1) is 6.43. The molecule has 0 amide bonds. The second-order valence-corrected chi connectivity index (χ2v) is 5.31. The molecule has 1 aliphatic rings. The standard InChI is InChI=1S/C11H13BrFN/c1-6-7(12)4-8(13)10-9(6)11(2,3)5-14-10/h4,14H,5H2,1-3H3. The van der Waals surface area contributed by atoms with E-state index < -0.39 is 0 Å². The van der Waals surface area contributed by atoms with Gasteiger partial charge in [-0.1, -0.05) is 29.8 Å². The van der Waals surface area contributed by atoms with Gasteiger partial charge in [0.05, 0.1) is 5.69 Å². The summed E-state index contributed by atoms with van der Waals surface area (Å²) in [5.41, 5.74) is 2.93. The first-order valence-electron chi connectivity index (χ1n) is 4.66. The maximum absolute atomic E-state index is 13.6. The molecule has 0 unspecified atom stereocenters. The van der Waals surface area contributed by atoms with Crippen molar-refractivity contribution in [2.75, 3.05) is 11.9 Å². The van der Waals surface area contributed by atoms with Crippen molar-refractivity contribution in [1.29, 1.82) is 0 Å². The number of anilines is 1. The number of benzene rings is 1. The van der Waals surface area contributed by atoms with Gasteiger partial charge in [0, 0.05) is 16.4 Å². The molecule has 3 heteroatoms. The van der Waals surface area contributed by atoms with Crippen LogP contribution in [0.5, 0.6) is 0 Å². The summed E-state index contributed by atoms with van der Waals surface area (Å²) < 4.78 is 14.4. The van der Waals surface area contributed by atoms with Crippen molar-refractivity contribution in [3.8, 4) is 0 Å². The van der Waals surface area contributed by atoms with Crippen molar-refractivity contribution in [2.24, 2.45) is 0 Å². The third kappa shape index (κ3) is 1.26. The Morgan fingerprint density at radius 1 is 1.50 bits per heavy atom. The summed E-state index contributed by atoms with van der Waals surface area (Å²) >= 11 is 3.38. The highest BCUT2D eigenvalue weighted by Gasteiger charge is 2.34. The van der Waals surface area contributed by atoms with Crippen LogP contribution in [0.15, 0.2) is 10.5 Å². The van der Waals surface area contributed by atoms with Gasteiger partial charge < -0.3 is 5.32 Å². The maximum atomic E-state index is 13.6. The fraction of sp³-hybridized carbons (Fsp3) is 0.455. The summed E-state index contributed by atoms with van der Waals surface area (Å²) in [4.78, 5) is 0. The van der Waals surface area contributed by atoms with Gasteiger partial charge in [-0.15, -0.1) is 0 Å². The first-order valence-corrected chi connectivity index (χ1v) is 5.46. The first kappa shape index (κ1) is 9.97. The van der Waals surface area contributed by atoms with Gasteiger partial charge in [-0.05, 0) is 24.1 Å². The fourth-order valence-corrected chi connectivity index (χ4v) is 2.53. The zero-order valence-corrected chi connectivity index (χ0v) is 10.1. The van der Waals surface area contributed by atoms with Crippen molar-refractivity contribution < 1.29 is 4.39 Å². The van der Waals surface area contributed by atoms with Gasteiger partial charge in [-0.25, -0.2) is 4.39 Å². The van der Waals surface area contributed by atoms with Crippen LogP contribution in [0.4, 0.5) is 10.1 Å². The van der Waals surface area contributed by atoms with E-state index in [0.717, 1.165) is 22.1 Å². The SMILES string of the molecule is Cc1c(Br)cc(F)c2c1C(C)(C)CN2. The molecule has 0 radical (unpaired) electrons. The molecule has 0 bridgehead atoms. The lowest BCUT2D eigenvalue weighted by molar-refractivity contribution is 0.580. The topological polar surface area (TPSA) is 12.0 Å². The van der Waals surface area contributed by atoms with Crippen LogP contribution in [0.1, 0.15) is 25.0 Å². The molecule has 1 N–H and O–H groups in total. The largest absolute Gasteiger partial charge is 0.382 e. The predicted octanol–water partition coefficient (Wildman–Crippen LogP) is 3.60. The molecule has 0 saturated carbocycles. The van der Waals surface area contributed by atoms with Crippen molar-refractivity contribution in [2.45, 2.75) is 26.2 Å². The van der Waals surface area contributed by atoms with E-state index in [1.807, 2.05) is 6.92 Å². The summed E-state index contributed by atoms with van der Waals surface area (Å²) in [5, 5.41) is 3.13. The van der Waals surface area contributed by atoms with Gasteiger partial charge >= 0.3 is 0 Å². The van der Waals surface area contributed by atoms with Gasteiger partial charge in [-0.2, -0.15) is 0 Å². The highest BCUT2D eigenvalue weighted by molar-refractivity contribution is 9.10. The van der Waals surface area contributed by atoms with E-state index >= 15 is 0 Å². The van der Waals surface area contributed by atoms with Gasteiger partial charge in [0.1, 0.15) is 5.82 Å². The Balaban J connectivity index is 2.75. The van der Waals surface area contributed by atoms with E-state index in [1.165, 1.54) is 6.07 Å². The minimum absolute atomic E-state index is 0.0179. The van der Waals surface area contributed by atoms with Crippen LogP contribution < -0.4 is 5.32 Å². The molecule has 14 heavy (non-hydrogen) atoms. The Bertz CT molecular complexity index is 399. The van der Waals surface area contributed by atoms with E-state index in [4.69, 9.17) is 0 Å². The third-order valence-electron chi connectivity index (χ3n) is 2.86. The second-order valence-electron chi connectivity index (χ2n) is 4.45. The van der Waals surface area contributed by atoms with Gasteiger partial charge in [0.2, 0.25) is 0 Å². The molecular weight excluding hydrogens is 245 g/mol. The van der Waals surface area contributed by atoms with Crippen molar-refractivity contribution in [3.63, 3.8) is 0 Å². The Labute approximate surface area is 91.8 Å². The molecule has 0 spiro atoms. The molecular formula is C11H13BrFN. The monoisotopic (exact) mass is 257 g/mol. The molecule has 76 valence electrons. The minimum Gasteiger partial charge on any atom is -0.382 e. The predicted molar refractivity (Wildman–Crippen MR) is 60.4 cm³/mol. The van der Waals surface area contributed by atoms with Gasteiger partial charge in [0.15, 0.2) is 0 Å². The van der Waals surface area contributed by atoms with E-state index in [9.17, 15) is 4.39 Å². The van der Waals surface area contributed by atoms with Crippen LogP contribution in [0, 0.1) is 12.7 Å². The fourth-order valence-electron chi connectivity index (χ4n) is 2.13. The number of rotatable bonds is 0. The summed E-state index contributed by atoms with van der Waals surface area (Å²) in [6.07, 6.45) is 0. The molecule has 0 fully saturated rings. The van der Waals surface area contributed by atoms with Crippen LogP contribution >= 0.6 is 15.9 Å². The Hall–Kier alpha value is -0.570. The lowest BCUT2D eigenvalue weighted by Gasteiger charge is -2.20. The summed E-state index contributed by atoms with van der Waals surface area (Å²) in [6.45, 7) is 7.09. The number of nitrogens with one attached hydrogen (secondary N) is 1. The molecule has 1 aromatic carbocycles. The van der Waals surface area contributed by atoms with Crippen LogP contribution in [0.2, 0.25) is 0 Å². The highest BCUT2D eigenvalue weighted by atomic mass is 79.9. The smallest absolute Gasteiger partial charge is 0.147 e. The van der Waals surface area contributed by atoms with Gasteiger partial charge in [0.25, 0.3) is 0 Å². The summed E-state index contributed by atoms with van der Waals surface area (Å²) in [5.74, 6) is -0.164. The summed E-state index contributed by atoms with van der Waals surface area (Å²) in [6, 6.07) is 1.53. The Morgan fingerprint density at radius 3 is 2.79 bits per heavy atom. The van der Waals surface area contributed by atoms with Crippen LogP contribution in [0.25, 0.3) is 0 Å². The lowest BCUT2D eigenvalue weighted by atomic mass is 9.84. The van der Waals surface area contributed by atoms with E-state index in [-0.39, 0.29) is 11.2 Å². The van der Waals surface area contributed by atoms with Crippen molar-refractivity contribution in [1.82, 2.24) is 0 Å². The molecule has 2 rings (SSSR count). The number of halogens is 2. The van der Waals surface area contributed by atoms with E-state index in [2.05, 4.69) is 35.1 Å². The van der Waals surface area contributed by atoms with E-state index in [1.54, 1.807) is 0 Å². The van der Waals surface area contributed by atoms with Crippen molar-refractivity contribution >= 4 is 21.6 Å². The zero-order valence-electron chi connectivity index (χ0n) is 8.54. The molecule has 0 aromatic heterocycles.